The third-order valence-electron chi connectivity index (χ3n) is 5.26. The second-order valence-electron chi connectivity index (χ2n) is 7.12. The molecule has 0 spiro atoms. The number of hydrogen-bond donors (Lipinski definition) is 1. The van der Waals surface area contributed by atoms with Gasteiger partial charge >= 0.3 is 0 Å². The molecule has 3 nitrogen and oxygen atoms in total. The Bertz CT molecular complexity index is 671. The Morgan fingerprint density at radius 2 is 1.72 bits per heavy atom. The summed E-state index contributed by atoms with van der Waals surface area (Å²) >= 11 is 0. The molecule has 0 saturated carbocycles. The van der Waals surface area contributed by atoms with Gasteiger partial charge in [-0.3, -0.25) is 9.69 Å². The summed E-state index contributed by atoms with van der Waals surface area (Å²) in [6.45, 7) is 6.87. The lowest BCUT2D eigenvalue weighted by molar-refractivity contribution is -0.125. The molecule has 0 aliphatic carbocycles. The van der Waals surface area contributed by atoms with E-state index in [2.05, 4.69) is 71.7 Å². The van der Waals surface area contributed by atoms with Crippen molar-refractivity contribution in [1.82, 2.24) is 10.2 Å². The monoisotopic (exact) mass is 336 g/mol. The number of nitrogens with zero attached hydrogens (tertiary/aromatic N) is 1. The number of nitrogens with one attached hydrogen (secondary N) is 1. The van der Waals surface area contributed by atoms with Crippen molar-refractivity contribution >= 4 is 5.91 Å². The Morgan fingerprint density at radius 1 is 1.08 bits per heavy atom. The molecule has 0 radical (unpaired) electrons. The van der Waals surface area contributed by atoms with Crippen LogP contribution in [0.25, 0.3) is 0 Å². The standard InChI is InChI=1S/C22H28N2O/c1-3-17(2)22(25)23-21-16-24(14-18-10-6-4-7-11-18)15-20(21)19-12-8-5-9-13-19/h4-13,17,20-21H,3,14-16H2,1-2H3,(H,23,25)/t17-,20+,21-/m1/s1. The molecule has 0 aromatic heterocycles. The molecule has 1 aliphatic rings. The van der Waals surface area contributed by atoms with Gasteiger partial charge in [-0.1, -0.05) is 74.5 Å². The fourth-order valence-electron chi connectivity index (χ4n) is 3.55. The molecule has 2 aromatic carbocycles. The highest BCUT2D eigenvalue weighted by Crippen LogP contribution is 2.29. The van der Waals surface area contributed by atoms with Gasteiger partial charge in [-0.15, -0.1) is 0 Å². The van der Waals surface area contributed by atoms with Gasteiger partial charge in [-0.25, -0.2) is 0 Å². The van der Waals surface area contributed by atoms with Crippen LogP contribution in [-0.4, -0.2) is 29.9 Å². The van der Waals surface area contributed by atoms with E-state index < -0.39 is 0 Å². The molecule has 1 aliphatic heterocycles. The van der Waals surface area contributed by atoms with Crippen molar-refractivity contribution < 1.29 is 4.79 Å². The molecule has 3 rings (SSSR count). The largest absolute Gasteiger partial charge is 0.351 e. The molecule has 1 amide bonds. The summed E-state index contributed by atoms with van der Waals surface area (Å²) in [6, 6.07) is 21.3. The van der Waals surface area contributed by atoms with Gasteiger partial charge in [0.15, 0.2) is 0 Å². The van der Waals surface area contributed by atoms with Crippen molar-refractivity contribution in [1.29, 1.82) is 0 Å². The summed E-state index contributed by atoms with van der Waals surface area (Å²) in [5, 5.41) is 3.31. The second-order valence-corrected chi connectivity index (χ2v) is 7.12. The summed E-state index contributed by atoms with van der Waals surface area (Å²) in [6.07, 6.45) is 0.877. The molecule has 3 atom stereocenters. The Morgan fingerprint density at radius 3 is 2.36 bits per heavy atom. The zero-order chi connectivity index (χ0) is 17.6. The van der Waals surface area contributed by atoms with Crippen molar-refractivity contribution in [2.45, 2.75) is 38.8 Å². The molecule has 25 heavy (non-hydrogen) atoms. The maximum absolute atomic E-state index is 12.4. The molecule has 2 aromatic rings. The van der Waals surface area contributed by atoms with Crippen LogP contribution in [0.1, 0.15) is 37.3 Å². The van der Waals surface area contributed by atoms with E-state index in [1.54, 1.807) is 0 Å². The second kappa shape index (κ2) is 8.30. The van der Waals surface area contributed by atoms with Crippen LogP contribution in [0.15, 0.2) is 60.7 Å². The molecule has 3 heteroatoms. The lowest BCUT2D eigenvalue weighted by Crippen LogP contribution is -2.42. The van der Waals surface area contributed by atoms with Crippen molar-refractivity contribution in [2.24, 2.45) is 5.92 Å². The molecule has 1 N–H and O–H groups in total. The number of hydrogen-bond acceptors (Lipinski definition) is 2. The van der Waals surface area contributed by atoms with Gasteiger partial charge in [0.1, 0.15) is 0 Å². The number of likely N-dealkylation sites (tertiary alicyclic amines) is 1. The van der Waals surface area contributed by atoms with E-state index in [-0.39, 0.29) is 17.9 Å². The van der Waals surface area contributed by atoms with Crippen molar-refractivity contribution in [3.05, 3.63) is 71.8 Å². The first kappa shape index (κ1) is 17.7. The van der Waals surface area contributed by atoms with E-state index in [1.807, 2.05) is 13.0 Å². The van der Waals surface area contributed by atoms with Crippen LogP contribution < -0.4 is 5.32 Å². The molecule has 1 saturated heterocycles. The Hall–Kier alpha value is -2.13. The minimum Gasteiger partial charge on any atom is -0.351 e. The third kappa shape index (κ3) is 4.49. The maximum Gasteiger partial charge on any atom is 0.223 e. The average Bonchev–Trinajstić information content (AvgIpc) is 3.04. The fourth-order valence-corrected chi connectivity index (χ4v) is 3.55. The molecule has 132 valence electrons. The number of amides is 1. The van der Waals surface area contributed by atoms with Gasteiger partial charge in [0.25, 0.3) is 0 Å². The summed E-state index contributed by atoms with van der Waals surface area (Å²) in [5.74, 6) is 0.590. The number of carbonyl (C=O) groups is 1. The lowest BCUT2D eigenvalue weighted by atomic mass is 9.94. The molecule has 0 unspecified atom stereocenters. The van der Waals surface area contributed by atoms with Crippen LogP contribution >= 0.6 is 0 Å². The SMILES string of the molecule is CC[C@@H](C)C(=O)N[C@@H]1CN(Cc2ccccc2)C[C@H]1c1ccccc1. The first-order valence-electron chi connectivity index (χ1n) is 9.29. The Kier molecular flexibility index (Phi) is 5.87. The van der Waals surface area contributed by atoms with Crippen molar-refractivity contribution in [3.8, 4) is 0 Å². The van der Waals surface area contributed by atoms with Gasteiger partial charge in [0, 0.05) is 37.5 Å². The normalized spacial score (nSPS) is 21.8. The van der Waals surface area contributed by atoms with Crippen molar-refractivity contribution in [2.75, 3.05) is 13.1 Å². The van der Waals surface area contributed by atoms with Crippen LogP contribution in [0.2, 0.25) is 0 Å². The molecule has 1 fully saturated rings. The summed E-state index contributed by atoms with van der Waals surface area (Å²) < 4.78 is 0. The first-order chi connectivity index (χ1) is 12.2. The van der Waals surface area contributed by atoms with E-state index >= 15 is 0 Å². The zero-order valence-corrected chi connectivity index (χ0v) is 15.2. The number of benzene rings is 2. The molecule has 0 bridgehead atoms. The van der Waals surface area contributed by atoms with E-state index in [0.29, 0.717) is 5.92 Å². The van der Waals surface area contributed by atoms with Crippen LogP contribution in [0, 0.1) is 5.92 Å². The van der Waals surface area contributed by atoms with Gasteiger partial charge in [-0.2, -0.15) is 0 Å². The highest BCUT2D eigenvalue weighted by molar-refractivity contribution is 5.78. The minimum atomic E-state index is 0.0691. The summed E-state index contributed by atoms with van der Waals surface area (Å²) in [7, 11) is 0. The fraction of sp³-hybridized carbons (Fsp3) is 0.409. The van der Waals surface area contributed by atoms with E-state index in [9.17, 15) is 4.79 Å². The lowest BCUT2D eigenvalue weighted by Gasteiger charge is -2.22. The van der Waals surface area contributed by atoms with Gasteiger partial charge in [0.2, 0.25) is 5.91 Å². The van der Waals surface area contributed by atoms with Crippen LogP contribution in [-0.2, 0) is 11.3 Å². The van der Waals surface area contributed by atoms with E-state index in [0.717, 1.165) is 26.1 Å². The Labute approximate surface area is 151 Å². The maximum atomic E-state index is 12.4. The predicted molar refractivity (Wildman–Crippen MR) is 102 cm³/mol. The van der Waals surface area contributed by atoms with Crippen molar-refractivity contribution in [3.63, 3.8) is 0 Å². The predicted octanol–water partition coefficient (Wildman–Crippen LogP) is 3.82. The van der Waals surface area contributed by atoms with Gasteiger partial charge in [-0.05, 0) is 17.5 Å². The molecule has 1 heterocycles. The molecular weight excluding hydrogens is 308 g/mol. The highest BCUT2D eigenvalue weighted by Gasteiger charge is 2.35. The smallest absolute Gasteiger partial charge is 0.223 e. The summed E-state index contributed by atoms with van der Waals surface area (Å²) in [5.41, 5.74) is 2.63. The van der Waals surface area contributed by atoms with Crippen LogP contribution in [0.4, 0.5) is 0 Å². The Balaban J connectivity index is 1.74. The highest BCUT2D eigenvalue weighted by atomic mass is 16.1. The molecular formula is C22H28N2O. The quantitative estimate of drug-likeness (QED) is 0.870. The van der Waals surface area contributed by atoms with E-state index in [1.165, 1.54) is 11.1 Å². The number of rotatable bonds is 6. The van der Waals surface area contributed by atoms with E-state index in [4.69, 9.17) is 0 Å². The topological polar surface area (TPSA) is 32.3 Å². The summed E-state index contributed by atoms with van der Waals surface area (Å²) in [4.78, 5) is 14.9. The van der Waals surface area contributed by atoms with Crippen LogP contribution in [0.5, 0.6) is 0 Å². The minimum absolute atomic E-state index is 0.0691. The number of carbonyl (C=O) groups excluding carboxylic acids is 1. The first-order valence-corrected chi connectivity index (χ1v) is 9.29. The van der Waals surface area contributed by atoms with Gasteiger partial charge < -0.3 is 5.32 Å². The van der Waals surface area contributed by atoms with Gasteiger partial charge in [0.05, 0.1) is 0 Å². The third-order valence-corrected chi connectivity index (χ3v) is 5.26. The average molecular weight is 336 g/mol. The van der Waals surface area contributed by atoms with Crippen LogP contribution in [0.3, 0.4) is 0 Å². The zero-order valence-electron chi connectivity index (χ0n) is 15.2.